The number of hydrogen-bond donors (Lipinski definition) is 1. The van der Waals surface area contributed by atoms with E-state index in [9.17, 15) is 10.1 Å². The van der Waals surface area contributed by atoms with Gasteiger partial charge in [-0.1, -0.05) is 0 Å². The van der Waals surface area contributed by atoms with Gasteiger partial charge in [-0.05, 0) is 30.8 Å². The molecule has 2 aromatic rings. The van der Waals surface area contributed by atoms with Crippen LogP contribution in [0.1, 0.15) is 29.9 Å². The van der Waals surface area contributed by atoms with Gasteiger partial charge in [-0.2, -0.15) is 5.26 Å². The van der Waals surface area contributed by atoms with Crippen molar-refractivity contribution in [3.8, 4) is 6.07 Å². The largest absolute Gasteiger partial charge is 0.297 e. The standard InChI is InChI=1S/C14H14N4O/c1-8-10-6-11(14(7-15)4-5-14)13(19)17-12(10)16-9(2)18(8)3/h6H,4-5H2,1-3H3/p+1. The molecule has 0 unspecified atom stereocenters. The smallest absolute Gasteiger partial charge is 0.285 e. The highest BCUT2D eigenvalue weighted by Crippen LogP contribution is 2.46. The fourth-order valence-electron chi connectivity index (χ4n) is 2.47. The van der Waals surface area contributed by atoms with E-state index in [1.54, 1.807) is 0 Å². The van der Waals surface area contributed by atoms with Gasteiger partial charge in [-0.3, -0.25) is 9.78 Å². The minimum absolute atomic E-state index is 0.188. The molecule has 5 nitrogen and oxygen atoms in total. The van der Waals surface area contributed by atoms with Gasteiger partial charge in [0, 0.05) is 12.5 Å². The van der Waals surface area contributed by atoms with Crippen molar-refractivity contribution in [3.05, 3.63) is 33.5 Å². The maximum Gasteiger partial charge on any atom is 0.297 e. The molecule has 0 amide bonds. The van der Waals surface area contributed by atoms with Gasteiger partial charge in [-0.15, -0.1) is 0 Å². The Balaban J connectivity index is 2.38. The van der Waals surface area contributed by atoms with Crippen molar-refractivity contribution in [2.45, 2.75) is 32.1 Å². The Labute approximate surface area is 110 Å². The van der Waals surface area contributed by atoms with E-state index in [2.05, 4.69) is 16.0 Å². The van der Waals surface area contributed by atoms with Crippen molar-refractivity contribution in [1.29, 1.82) is 5.26 Å². The van der Waals surface area contributed by atoms with Crippen molar-refractivity contribution in [3.63, 3.8) is 0 Å². The van der Waals surface area contributed by atoms with Crippen molar-refractivity contribution in [2.24, 2.45) is 7.05 Å². The number of H-pyrrole nitrogens is 1. The molecule has 0 atom stereocenters. The SMILES string of the molecule is Cc1nc2[nH]c(=O)c(C3(C#N)CC3)cc2c(C)[n+]1C. The van der Waals surface area contributed by atoms with E-state index in [1.807, 2.05) is 31.5 Å². The van der Waals surface area contributed by atoms with Crippen LogP contribution in [0.5, 0.6) is 0 Å². The van der Waals surface area contributed by atoms with Gasteiger partial charge in [0.15, 0.2) is 0 Å². The molecule has 0 spiro atoms. The Hall–Kier alpha value is -2.22. The fraction of sp³-hybridized carbons (Fsp3) is 0.429. The van der Waals surface area contributed by atoms with Crippen LogP contribution < -0.4 is 10.1 Å². The van der Waals surface area contributed by atoms with Gasteiger partial charge in [0.1, 0.15) is 5.69 Å². The Bertz CT molecular complexity index is 794. The number of fused-ring (bicyclic) bond motifs is 1. The van der Waals surface area contributed by atoms with Crippen LogP contribution in [0.3, 0.4) is 0 Å². The summed E-state index contributed by atoms with van der Waals surface area (Å²) in [6.45, 7) is 3.89. The molecular weight excluding hydrogens is 240 g/mol. The Morgan fingerprint density at radius 1 is 1.47 bits per heavy atom. The number of rotatable bonds is 1. The molecule has 1 fully saturated rings. The second-order valence-corrected chi connectivity index (χ2v) is 5.27. The number of nitrogens with one attached hydrogen (secondary N) is 1. The number of aryl methyl sites for hydroxylation is 2. The first kappa shape index (κ1) is 11.8. The minimum atomic E-state index is -0.572. The predicted octanol–water partition coefficient (Wildman–Crippen LogP) is 0.920. The summed E-state index contributed by atoms with van der Waals surface area (Å²) in [7, 11) is 1.94. The second kappa shape index (κ2) is 3.64. The lowest BCUT2D eigenvalue weighted by Gasteiger charge is -2.07. The lowest BCUT2D eigenvalue weighted by Crippen LogP contribution is -2.37. The zero-order chi connectivity index (χ0) is 13.8. The van der Waals surface area contributed by atoms with Gasteiger partial charge in [0.05, 0.1) is 23.9 Å². The zero-order valence-electron chi connectivity index (χ0n) is 11.2. The van der Waals surface area contributed by atoms with E-state index >= 15 is 0 Å². The van der Waals surface area contributed by atoms with Crippen LogP contribution >= 0.6 is 0 Å². The molecule has 0 aliphatic heterocycles. The molecule has 0 bridgehead atoms. The highest BCUT2D eigenvalue weighted by Gasteiger charge is 2.47. The van der Waals surface area contributed by atoms with Crippen LogP contribution in [0.25, 0.3) is 11.0 Å². The maximum absolute atomic E-state index is 12.1. The molecule has 0 saturated heterocycles. The number of aromatic nitrogens is 3. The van der Waals surface area contributed by atoms with Crippen LogP contribution in [0.2, 0.25) is 0 Å². The highest BCUT2D eigenvalue weighted by atomic mass is 16.1. The topological polar surface area (TPSA) is 73.4 Å². The van der Waals surface area contributed by atoms with Gasteiger partial charge in [0.25, 0.3) is 17.0 Å². The molecule has 1 N–H and O–H groups in total. The molecule has 5 heteroatoms. The lowest BCUT2D eigenvalue weighted by molar-refractivity contribution is -0.685. The van der Waals surface area contributed by atoms with E-state index in [0.717, 1.165) is 29.7 Å². The number of aromatic amines is 1. The summed E-state index contributed by atoms with van der Waals surface area (Å²) < 4.78 is 1.98. The van der Waals surface area contributed by atoms with E-state index in [0.29, 0.717) is 11.2 Å². The summed E-state index contributed by atoms with van der Waals surface area (Å²) in [6.07, 6.45) is 1.53. The first-order chi connectivity index (χ1) is 8.98. The summed E-state index contributed by atoms with van der Waals surface area (Å²) >= 11 is 0. The van der Waals surface area contributed by atoms with Crippen molar-refractivity contribution in [1.82, 2.24) is 9.97 Å². The molecule has 2 heterocycles. The number of nitrogens with zero attached hydrogens (tertiary/aromatic N) is 3. The van der Waals surface area contributed by atoms with Crippen molar-refractivity contribution >= 4 is 11.0 Å². The average Bonchev–Trinajstić information content (AvgIpc) is 3.16. The average molecular weight is 255 g/mol. The third-order valence-electron chi connectivity index (χ3n) is 4.15. The summed E-state index contributed by atoms with van der Waals surface area (Å²) in [5.74, 6) is 0.842. The van der Waals surface area contributed by atoms with E-state index in [-0.39, 0.29) is 5.56 Å². The van der Waals surface area contributed by atoms with E-state index < -0.39 is 5.41 Å². The van der Waals surface area contributed by atoms with Crippen molar-refractivity contribution < 1.29 is 4.57 Å². The summed E-state index contributed by atoms with van der Waals surface area (Å²) in [5.41, 5.74) is 1.45. The van der Waals surface area contributed by atoms with Crippen LogP contribution in [0, 0.1) is 25.2 Å². The molecule has 3 rings (SSSR count). The van der Waals surface area contributed by atoms with Gasteiger partial charge >= 0.3 is 0 Å². The molecular formula is C14H15N4O+. The molecule has 1 saturated carbocycles. The summed E-state index contributed by atoms with van der Waals surface area (Å²) in [5, 5.41) is 10.2. The summed E-state index contributed by atoms with van der Waals surface area (Å²) in [4.78, 5) is 19.3. The number of pyridine rings is 1. The highest BCUT2D eigenvalue weighted by molar-refractivity contribution is 5.77. The predicted molar refractivity (Wildman–Crippen MR) is 69.5 cm³/mol. The Morgan fingerprint density at radius 3 is 2.74 bits per heavy atom. The molecule has 0 radical (unpaired) electrons. The first-order valence-corrected chi connectivity index (χ1v) is 6.30. The fourth-order valence-corrected chi connectivity index (χ4v) is 2.47. The van der Waals surface area contributed by atoms with Gasteiger partial charge in [-0.25, -0.2) is 4.57 Å². The zero-order valence-corrected chi connectivity index (χ0v) is 11.2. The third-order valence-corrected chi connectivity index (χ3v) is 4.15. The van der Waals surface area contributed by atoms with Crippen LogP contribution in [0.15, 0.2) is 10.9 Å². The monoisotopic (exact) mass is 255 g/mol. The number of hydrogen-bond acceptors (Lipinski definition) is 3. The second-order valence-electron chi connectivity index (χ2n) is 5.27. The molecule has 1 aliphatic carbocycles. The Kier molecular flexibility index (Phi) is 2.27. The van der Waals surface area contributed by atoms with Crippen LogP contribution in [0.4, 0.5) is 0 Å². The summed E-state index contributed by atoms with van der Waals surface area (Å²) in [6, 6.07) is 4.11. The van der Waals surface area contributed by atoms with Crippen molar-refractivity contribution in [2.75, 3.05) is 0 Å². The van der Waals surface area contributed by atoms with Gasteiger partial charge in [0.2, 0.25) is 0 Å². The quantitative estimate of drug-likeness (QED) is 0.770. The molecule has 96 valence electrons. The number of nitriles is 1. The Morgan fingerprint density at radius 2 is 2.16 bits per heavy atom. The molecule has 0 aromatic carbocycles. The third kappa shape index (κ3) is 1.56. The molecule has 1 aliphatic rings. The molecule has 19 heavy (non-hydrogen) atoms. The maximum atomic E-state index is 12.1. The lowest BCUT2D eigenvalue weighted by atomic mass is 9.98. The van der Waals surface area contributed by atoms with E-state index in [4.69, 9.17) is 0 Å². The van der Waals surface area contributed by atoms with E-state index in [1.165, 1.54) is 0 Å². The normalized spacial score (nSPS) is 16.3. The minimum Gasteiger partial charge on any atom is -0.285 e. The van der Waals surface area contributed by atoms with Gasteiger partial charge < -0.3 is 0 Å². The van der Waals surface area contributed by atoms with Crippen LogP contribution in [-0.2, 0) is 12.5 Å². The van der Waals surface area contributed by atoms with Crippen LogP contribution in [-0.4, -0.2) is 9.97 Å². The first-order valence-electron chi connectivity index (χ1n) is 6.30. The molecule has 2 aromatic heterocycles.